The number of rotatable bonds is 6. The van der Waals surface area contributed by atoms with Crippen LogP contribution in [-0.4, -0.2) is 24.6 Å². The molecule has 1 atom stereocenters. The smallest absolute Gasteiger partial charge is 0.240 e. The van der Waals surface area contributed by atoms with E-state index in [1.807, 2.05) is 0 Å². The molecule has 0 spiro atoms. The van der Waals surface area contributed by atoms with Gasteiger partial charge in [0.05, 0.1) is 0 Å². The summed E-state index contributed by atoms with van der Waals surface area (Å²) in [6.45, 7) is 3.64. The topological polar surface area (TPSA) is 64.3 Å². The van der Waals surface area contributed by atoms with Gasteiger partial charge in [0.2, 0.25) is 5.91 Å². The average molecular weight is 258 g/mol. The molecule has 0 aliphatic rings. The summed E-state index contributed by atoms with van der Waals surface area (Å²) < 4.78 is 31.3. The minimum absolute atomic E-state index is 0.184. The molecule has 1 rings (SSSR count). The number of likely N-dealkylation sites (N-methyl/N-ethyl adjacent to an activating group) is 1. The van der Waals surface area contributed by atoms with Gasteiger partial charge in [-0.15, -0.1) is 0 Å². The molecule has 0 radical (unpaired) electrons. The van der Waals surface area contributed by atoms with Crippen molar-refractivity contribution in [3.05, 3.63) is 29.8 Å². The maximum absolute atomic E-state index is 13.3. The van der Waals surface area contributed by atoms with Crippen LogP contribution in [0.4, 0.5) is 8.78 Å². The highest BCUT2D eigenvalue weighted by atomic mass is 19.1. The van der Waals surface area contributed by atoms with Crippen molar-refractivity contribution in [2.75, 3.05) is 13.2 Å². The highest BCUT2D eigenvalue weighted by molar-refractivity contribution is 5.84. The summed E-state index contributed by atoms with van der Waals surface area (Å²) in [6.07, 6.45) is 0. The number of hydrogen-bond acceptors (Lipinski definition) is 3. The van der Waals surface area contributed by atoms with Crippen LogP contribution in [0, 0.1) is 11.6 Å². The summed E-state index contributed by atoms with van der Waals surface area (Å²) in [4.78, 5) is 11.3. The Kier molecular flexibility index (Phi) is 4.61. The number of carbonyl (C=O) groups is 1. The van der Waals surface area contributed by atoms with Gasteiger partial charge in [0.25, 0.3) is 0 Å². The molecule has 1 amide bonds. The Bertz CT molecular complexity index is 440. The van der Waals surface area contributed by atoms with Crippen LogP contribution in [0.25, 0.3) is 0 Å². The van der Waals surface area contributed by atoms with Gasteiger partial charge < -0.3 is 15.8 Å². The fourth-order valence-corrected chi connectivity index (χ4v) is 1.41. The lowest BCUT2D eigenvalue weighted by Crippen LogP contribution is -2.57. The van der Waals surface area contributed by atoms with Gasteiger partial charge in [-0.1, -0.05) is 6.92 Å². The van der Waals surface area contributed by atoms with Gasteiger partial charge in [0.1, 0.15) is 18.0 Å². The second kappa shape index (κ2) is 5.77. The molecule has 100 valence electrons. The van der Waals surface area contributed by atoms with Gasteiger partial charge in [-0.05, 0) is 25.6 Å². The van der Waals surface area contributed by atoms with Gasteiger partial charge in [-0.2, -0.15) is 0 Å². The van der Waals surface area contributed by atoms with Crippen LogP contribution in [0.15, 0.2) is 18.2 Å². The summed E-state index contributed by atoms with van der Waals surface area (Å²) in [7, 11) is 0. The summed E-state index contributed by atoms with van der Waals surface area (Å²) in [6, 6.07) is 2.86. The summed E-state index contributed by atoms with van der Waals surface area (Å²) in [5.74, 6) is -2.18. The lowest BCUT2D eigenvalue weighted by molar-refractivity contribution is -0.124. The first kappa shape index (κ1) is 14.4. The third-order valence-corrected chi connectivity index (χ3v) is 2.52. The highest BCUT2D eigenvalue weighted by Gasteiger charge is 2.31. The van der Waals surface area contributed by atoms with E-state index in [0.29, 0.717) is 6.54 Å². The molecule has 0 saturated carbocycles. The third kappa shape index (κ3) is 3.40. The van der Waals surface area contributed by atoms with Crippen molar-refractivity contribution in [3.63, 3.8) is 0 Å². The van der Waals surface area contributed by atoms with E-state index >= 15 is 0 Å². The molecule has 18 heavy (non-hydrogen) atoms. The first-order chi connectivity index (χ1) is 8.39. The van der Waals surface area contributed by atoms with E-state index in [9.17, 15) is 13.6 Å². The number of primary amides is 1. The van der Waals surface area contributed by atoms with Crippen molar-refractivity contribution in [1.29, 1.82) is 0 Å². The van der Waals surface area contributed by atoms with Crippen LogP contribution in [0.5, 0.6) is 5.75 Å². The monoisotopic (exact) mass is 258 g/mol. The Morgan fingerprint density at radius 2 is 2.17 bits per heavy atom. The van der Waals surface area contributed by atoms with Gasteiger partial charge in [0.15, 0.2) is 11.6 Å². The molecule has 3 N–H and O–H groups in total. The van der Waals surface area contributed by atoms with Crippen LogP contribution in [0.2, 0.25) is 0 Å². The molecular weight excluding hydrogens is 242 g/mol. The van der Waals surface area contributed by atoms with Gasteiger partial charge in [-0.25, -0.2) is 8.78 Å². The minimum atomic E-state index is -1.13. The Hall–Kier alpha value is -1.69. The van der Waals surface area contributed by atoms with E-state index < -0.39 is 23.1 Å². The Morgan fingerprint density at radius 1 is 1.50 bits per heavy atom. The van der Waals surface area contributed by atoms with Crippen LogP contribution in [0.3, 0.4) is 0 Å². The molecule has 0 aliphatic carbocycles. The third-order valence-electron chi connectivity index (χ3n) is 2.52. The quantitative estimate of drug-likeness (QED) is 0.805. The van der Waals surface area contributed by atoms with Crippen LogP contribution < -0.4 is 15.8 Å². The molecule has 4 nitrogen and oxygen atoms in total. The number of ether oxygens (including phenoxy) is 1. The average Bonchev–Trinajstić information content (AvgIpc) is 2.30. The predicted molar refractivity (Wildman–Crippen MR) is 63.1 cm³/mol. The SMILES string of the molecule is CCNC(C)(COc1cc(F)ccc1F)C(N)=O. The molecule has 0 aromatic heterocycles. The normalized spacial score (nSPS) is 14.0. The number of nitrogens with two attached hydrogens (primary N) is 1. The first-order valence-corrected chi connectivity index (χ1v) is 5.52. The Labute approximate surface area is 104 Å². The summed E-state index contributed by atoms with van der Waals surface area (Å²) in [5.41, 5.74) is 4.11. The lowest BCUT2D eigenvalue weighted by Gasteiger charge is -2.26. The van der Waals surface area contributed by atoms with E-state index in [2.05, 4.69) is 5.32 Å². The second-order valence-corrected chi connectivity index (χ2v) is 4.09. The zero-order chi connectivity index (χ0) is 13.8. The fraction of sp³-hybridized carbons (Fsp3) is 0.417. The fourth-order valence-electron chi connectivity index (χ4n) is 1.41. The maximum atomic E-state index is 13.3. The number of halogens is 2. The van der Waals surface area contributed by atoms with Crippen molar-refractivity contribution in [1.82, 2.24) is 5.32 Å². The number of carbonyl (C=O) groups excluding carboxylic acids is 1. The number of hydrogen-bond donors (Lipinski definition) is 2. The van der Waals surface area contributed by atoms with E-state index in [4.69, 9.17) is 10.5 Å². The summed E-state index contributed by atoms with van der Waals surface area (Å²) in [5, 5.41) is 2.85. The standard InChI is InChI=1S/C12H16F2N2O2/c1-3-16-12(2,11(15)17)7-18-10-6-8(13)4-5-9(10)14/h4-6,16H,3,7H2,1-2H3,(H2,15,17). The Balaban J connectivity index is 2.79. The van der Waals surface area contributed by atoms with E-state index in [1.165, 1.54) is 6.92 Å². The van der Waals surface area contributed by atoms with Crippen LogP contribution in [0.1, 0.15) is 13.8 Å². The molecule has 0 saturated heterocycles. The molecule has 1 aromatic carbocycles. The zero-order valence-electron chi connectivity index (χ0n) is 10.3. The summed E-state index contributed by atoms with van der Waals surface area (Å²) >= 11 is 0. The largest absolute Gasteiger partial charge is 0.488 e. The minimum Gasteiger partial charge on any atom is -0.488 e. The molecule has 1 aromatic rings. The molecule has 0 bridgehead atoms. The second-order valence-electron chi connectivity index (χ2n) is 4.09. The zero-order valence-corrected chi connectivity index (χ0v) is 10.3. The number of benzene rings is 1. The van der Waals surface area contributed by atoms with E-state index in [0.717, 1.165) is 18.2 Å². The Morgan fingerprint density at radius 3 is 2.72 bits per heavy atom. The number of nitrogens with one attached hydrogen (secondary N) is 1. The molecule has 1 unspecified atom stereocenters. The molecule has 0 heterocycles. The van der Waals surface area contributed by atoms with Gasteiger partial charge in [0, 0.05) is 6.07 Å². The van der Waals surface area contributed by atoms with Gasteiger partial charge >= 0.3 is 0 Å². The van der Waals surface area contributed by atoms with Crippen molar-refractivity contribution in [2.24, 2.45) is 5.73 Å². The highest BCUT2D eigenvalue weighted by Crippen LogP contribution is 2.19. The van der Waals surface area contributed by atoms with Crippen molar-refractivity contribution in [3.8, 4) is 5.75 Å². The van der Waals surface area contributed by atoms with Crippen LogP contribution >= 0.6 is 0 Å². The van der Waals surface area contributed by atoms with E-state index in [-0.39, 0.29) is 12.4 Å². The molecule has 0 fully saturated rings. The van der Waals surface area contributed by atoms with Crippen molar-refractivity contribution < 1.29 is 18.3 Å². The van der Waals surface area contributed by atoms with Crippen molar-refractivity contribution >= 4 is 5.91 Å². The maximum Gasteiger partial charge on any atom is 0.240 e. The number of amides is 1. The van der Waals surface area contributed by atoms with Crippen LogP contribution in [-0.2, 0) is 4.79 Å². The first-order valence-electron chi connectivity index (χ1n) is 5.52. The molecular formula is C12H16F2N2O2. The molecule has 0 aliphatic heterocycles. The molecule has 6 heteroatoms. The van der Waals surface area contributed by atoms with Gasteiger partial charge in [-0.3, -0.25) is 4.79 Å². The van der Waals surface area contributed by atoms with Crippen molar-refractivity contribution in [2.45, 2.75) is 19.4 Å². The van der Waals surface area contributed by atoms with E-state index in [1.54, 1.807) is 6.92 Å². The lowest BCUT2D eigenvalue weighted by atomic mass is 10.0. The predicted octanol–water partition coefficient (Wildman–Crippen LogP) is 1.20.